The number of ether oxygens (including phenoxy) is 1. The van der Waals surface area contributed by atoms with E-state index in [4.69, 9.17) is 4.74 Å². The van der Waals surface area contributed by atoms with Crippen LogP contribution in [0.1, 0.15) is 29.4 Å². The van der Waals surface area contributed by atoms with E-state index in [0.29, 0.717) is 24.4 Å². The first-order valence-electron chi connectivity index (χ1n) is 9.22. The van der Waals surface area contributed by atoms with Crippen LogP contribution >= 0.6 is 0 Å². The van der Waals surface area contributed by atoms with Crippen LogP contribution in [0.25, 0.3) is 11.3 Å². The van der Waals surface area contributed by atoms with Gasteiger partial charge in [0.2, 0.25) is 5.91 Å². The third-order valence-corrected chi connectivity index (χ3v) is 4.44. The van der Waals surface area contributed by atoms with Gasteiger partial charge in [0.25, 0.3) is 0 Å². The van der Waals surface area contributed by atoms with Crippen LogP contribution in [0, 0.1) is 6.92 Å². The maximum atomic E-state index is 12.3. The molecule has 1 aromatic carbocycles. The lowest BCUT2D eigenvalue weighted by Crippen LogP contribution is -2.16. The molecule has 1 amide bonds. The quantitative estimate of drug-likeness (QED) is 0.630. The lowest BCUT2D eigenvalue weighted by atomic mass is 10.1. The van der Waals surface area contributed by atoms with E-state index >= 15 is 0 Å². The van der Waals surface area contributed by atoms with Crippen LogP contribution < -0.4 is 5.32 Å². The molecule has 28 heavy (non-hydrogen) atoms. The average molecular weight is 377 g/mol. The molecular formula is C22H23N3O3. The zero-order valence-electron chi connectivity index (χ0n) is 16.0. The lowest BCUT2D eigenvalue weighted by molar-refractivity contribution is -0.116. The van der Waals surface area contributed by atoms with Gasteiger partial charge in [-0.05, 0) is 37.6 Å². The van der Waals surface area contributed by atoms with Crippen molar-refractivity contribution in [3.8, 4) is 11.3 Å². The van der Waals surface area contributed by atoms with E-state index < -0.39 is 0 Å². The number of hydrogen-bond acceptors (Lipinski definition) is 4. The van der Waals surface area contributed by atoms with Crippen LogP contribution in [0.3, 0.4) is 0 Å². The third kappa shape index (κ3) is 4.46. The van der Waals surface area contributed by atoms with Crippen molar-refractivity contribution < 1.29 is 14.3 Å². The van der Waals surface area contributed by atoms with Gasteiger partial charge in [0.1, 0.15) is 0 Å². The van der Waals surface area contributed by atoms with Crippen molar-refractivity contribution in [1.82, 2.24) is 9.55 Å². The minimum atomic E-state index is -0.351. The number of carbonyl (C=O) groups excluding carboxylic acids is 2. The van der Waals surface area contributed by atoms with Crippen molar-refractivity contribution >= 4 is 17.6 Å². The van der Waals surface area contributed by atoms with Crippen molar-refractivity contribution in [2.24, 2.45) is 0 Å². The van der Waals surface area contributed by atoms with Crippen molar-refractivity contribution in [3.05, 3.63) is 72.2 Å². The largest absolute Gasteiger partial charge is 0.462 e. The number of carbonyl (C=O) groups is 2. The molecule has 1 N–H and O–H groups in total. The number of esters is 1. The number of amides is 1. The molecule has 0 saturated heterocycles. The van der Waals surface area contributed by atoms with Crippen LogP contribution in [0.5, 0.6) is 0 Å². The van der Waals surface area contributed by atoms with Gasteiger partial charge in [-0.3, -0.25) is 9.78 Å². The molecule has 0 radical (unpaired) electrons. The van der Waals surface area contributed by atoms with E-state index in [0.717, 1.165) is 17.0 Å². The number of anilines is 1. The van der Waals surface area contributed by atoms with Crippen molar-refractivity contribution in [2.45, 2.75) is 26.8 Å². The highest BCUT2D eigenvalue weighted by molar-refractivity contribution is 5.93. The highest BCUT2D eigenvalue weighted by atomic mass is 16.5. The number of nitrogens with one attached hydrogen (secondary N) is 1. The van der Waals surface area contributed by atoms with Gasteiger partial charge in [-0.2, -0.15) is 0 Å². The first-order valence-corrected chi connectivity index (χ1v) is 9.22. The Hall–Kier alpha value is -3.41. The Bertz CT molecular complexity index is 950. The normalized spacial score (nSPS) is 10.5. The zero-order valence-corrected chi connectivity index (χ0v) is 16.0. The van der Waals surface area contributed by atoms with E-state index in [1.54, 1.807) is 31.5 Å². The molecule has 3 aromatic rings. The fourth-order valence-electron chi connectivity index (χ4n) is 3.07. The topological polar surface area (TPSA) is 73.2 Å². The molecule has 144 valence electrons. The Morgan fingerprint density at radius 2 is 1.93 bits per heavy atom. The lowest BCUT2D eigenvalue weighted by Gasteiger charge is -2.12. The smallest absolute Gasteiger partial charge is 0.339 e. The number of hydrogen-bond donors (Lipinski definition) is 1. The predicted molar refractivity (Wildman–Crippen MR) is 108 cm³/mol. The highest BCUT2D eigenvalue weighted by Gasteiger charge is 2.19. The number of nitrogens with zero attached hydrogens (tertiary/aromatic N) is 2. The van der Waals surface area contributed by atoms with Gasteiger partial charge in [-0.25, -0.2) is 4.79 Å². The number of aromatic nitrogens is 2. The summed E-state index contributed by atoms with van der Waals surface area (Å²) in [6.45, 7) is 4.42. The van der Waals surface area contributed by atoms with E-state index in [1.807, 2.05) is 47.9 Å². The van der Waals surface area contributed by atoms with E-state index in [1.165, 1.54) is 0 Å². The van der Waals surface area contributed by atoms with Gasteiger partial charge in [-0.15, -0.1) is 0 Å². The fourth-order valence-corrected chi connectivity index (χ4v) is 3.07. The van der Waals surface area contributed by atoms with Crippen LogP contribution in [0.15, 0.2) is 60.9 Å². The molecule has 0 unspecified atom stereocenters. The molecule has 0 spiro atoms. The summed E-state index contributed by atoms with van der Waals surface area (Å²) >= 11 is 0. The maximum Gasteiger partial charge on any atom is 0.339 e. The Labute approximate surface area is 164 Å². The van der Waals surface area contributed by atoms with E-state index in [9.17, 15) is 9.59 Å². The third-order valence-electron chi connectivity index (χ3n) is 4.44. The Balaban J connectivity index is 1.84. The summed E-state index contributed by atoms with van der Waals surface area (Å²) < 4.78 is 7.17. The second-order valence-corrected chi connectivity index (χ2v) is 6.31. The molecule has 2 aromatic heterocycles. The number of pyridine rings is 1. The first kappa shape index (κ1) is 19.4. The van der Waals surface area contributed by atoms with Crippen molar-refractivity contribution in [3.63, 3.8) is 0 Å². The van der Waals surface area contributed by atoms with Gasteiger partial charge in [0.15, 0.2) is 0 Å². The monoisotopic (exact) mass is 377 g/mol. The maximum absolute atomic E-state index is 12.3. The van der Waals surface area contributed by atoms with Gasteiger partial charge in [-0.1, -0.05) is 30.3 Å². The Morgan fingerprint density at radius 3 is 2.61 bits per heavy atom. The summed E-state index contributed by atoms with van der Waals surface area (Å²) in [6.07, 6.45) is 3.53. The molecule has 0 bridgehead atoms. The number of rotatable bonds is 7. The molecule has 6 nitrogen and oxygen atoms in total. The second-order valence-electron chi connectivity index (χ2n) is 6.31. The molecule has 0 atom stereocenters. The summed E-state index contributed by atoms with van der Waals surface area (Å²) in [5.41, 5.74) is 3.83. The van der Waals surface area contributed by atoms with Gasteiger partial charge in [0.05, 0.1) is 24.1 Å². The molecule has 6 heteroatoms. The van der Waals surface area contributed by atoms with Gasteiger partial charge < -0.3 is 14.6 Å². The molecule has 0 fully saturated rings. The van der Waals surface area contributed by atoms with Crippen LogP contribution in [0.4, 0.5) is 5.69 Å². The molecule has 0 aliphatic carbocycles. The zero-order chi connectivity index (χ0) is 19.9. The number of benzene rings is 1. The summed E-state index contributed by atoms with van der Waals surface area (Å²) in [7, 11) is 0. The second kappa shape index (κ2) is 8.99. The summed E-state index contributed by atoms with van der Waals surface area (Å²) in [6, 6.07) is 15.2. The average Bonchev–Trinajstić information content (AvgIpc) is 3.04. The molecule has 3 rings (SSSR count). The van der Waals surface area contributed by atoms with Crippen LogP contribution in [0.2, 0.25) is 0 Å². The standard InChI is InChI=1S/C22H23N3O3/c1-3-28-22(27)19-14-20(17-8-5-4-6-9-17)25(16(19)2)13-11-21(26)24-18-10-7-12-23-15-18/h4-10,12,14-15H,3,11,13H2,1-2H3,(H,24,26). The molecule has 0 aliphatic heterocycles. The minimum absolute atomic E-state index is 0.113. The fraction of sp³-hybridized carbons (Fsp3) is 0.227. The highest BCUT2D eigenvalue weighted by Crippen LogP contribution is 2.27. The predicted octanol–water partition coefficient (Wildman–Crippen LogP) is 4.06. The SMILES string of the molecule is CCOC(=O)c1cc(-c2ccccc2)n(CCC(=O)Nc2cccnc2)c1C. The minimum Gasteiger partial charge on any atom is -0.462 e. The molecule has 0 saturated carbocycles. The van der Waals surface area contributed by atoms with Gasteiger partial charge >= 0.3 is 5.97 Å². The Morgan fingerprint density at radius 1 is 1.14 bits per heavy atom. The molecule has 0 aliphatic rings. The van der Waals surface area contributed by atoms with Crippen molar-refractivity contribution in [2.75, 3.05) is 11.9 Å². The first-order chi connectivity index (χ1) is 13.6. The van der Waals surface area contributed by atoms with E-state index in [-0.39, 0.29) is 18.3 Å². The van der Waals surface area contributed by atoms with E-state index in [2.05, 4.69) is 10.3 Å². The molecular weight excluding hydrogens is 354 g/mol. The molecule has 2 heterocycles. The van der Waals surface area contributed by atoms with Gasteiger partial charge in [0, 0.05) is 30.6 Å². The Kier molecular flexibility index (Phi) is 6.22. The summed E-state index contributed by atoms with van der Waals surface area (Å²) in [4.78, 5) is 28.7. The van der Waals surface area contributed by atoms with Crippen LogP contribution in [-0.4, -0.2) is 28.0 Å². The summed E-state index contributed by atoms with van der Waals surface area (Å²) in [5, 5.41) is 2.83. The van der Waals surface area contributed by atoms with Crippen molar-refractivity contribution in [1.29, 1.82) is 0 Å². The van der Waals surface area contributed by atoms with Crippen LogP contribution in [-0.2, 0) is 16.1 Å². The summed E-state index contributed by atoms with van der Waals surface area (Å²) in [5.74, 6) is -0.464.